The first-order valence-electron chi connectivity index (χ1n) is 9.97. The third-order valence-corrected chi connectivity index (χ3v) is 6.35. The lowest BCUT2D eigenvalue weighted by Crippen LogP contribution is -2.43. The van der Waals surface area contributed by atoms with E-state index >= 15 is 0 Å². The monoisotopic (exact) mass is 366 g/mol. The minimum Gasteiger partial charge on any atom is -0.480 e. The van der Waals surface area contributed by atoms with Gasteiger partial charge < -0.3 is 14.9 Å². The van der Waals surface area contributed by atoms with Gasteiger partial charge in [-0.15, -0.1) is 0 Å². The van der Waals surface area contributed by atoms with E-state index in [0.29, 0.717) is 31.8 Å². The van der Waals surface area contributed by atoms with Crippen LogP contribution >= 0.6 is 0 Å². The van der Waals surface area contributed by atoms with Gasteiger partial charge in [0.05, 0.1) is 0 Å². The lowest BCUT2D eigenvalue weighted by atomic mass is 9.67. The van der Waals surface area contributed by atoms with Crippen LogP contribution in [0.3, 0.4) is 0 Å². The Kier molecular flexibility index (Phi) is 7.07. The molecule has 2 aliphatic rings. The van der Waals surface area contributed by atoms with E-state index < -0.39 is 5.97 Å². The van der Waals surface area contributed by atoms with Crippen LogP contribution in [0.2, 0.25) is 0 Å². The maximum atomic E-state index is 12.8. The van der Waals surface area contributed by atoms with Crippen molar-refractivity contribution in [3.8, 4) is 0 Å². The quantitative estimate of drug-likeness (QED) is 0.811. The number of carbonyl (C=O) groups excluding carboxylic acids is 2. The number of hydrogen-bond donors (Lipinski definition) is 1. The smallest absolute Gasteiger partial charge is 0.323 e. The van der Waals surface area contributed by atoms with Gasteiger partial charge in [-0.3, -0.25) is 14.4 Å². The number of carboxylic acid groups (broad SMARTS) is 1. The first-order valence-corrected chi connectivity index (χ1v) is 9.97. The minimum atomic E-state index is -0.989. The second-order valence-corrected chi connectivity index (χ2v) is 8.64. The van der Waals surface area contributed by atoms with Crippen LogP contribution in [0.25, 0.3) is 0 Å². The van der Waals surface area contributed by atoms with Crippen LogP contribution in [0.4, 0.5) is 0 Å². The predicted molar refractivity (Wildman–Crippen MR) is 99.6 cm³/mol. The molecule has 148 valence electrons. The summed E-state index contributed by atoms with van der Waals surface area (Å²) < 4.78 is 0. The second kappa shape index (κ2) is 8.87. The maximum Gasteiger partial charge on any atom is 0.323 e. The maximum absolute atomic E-state index is 12.8. The first kappa shape index (κ1) is 20.7. The lowest BCUT2D eigenvalue weighted by Gasteiger charge is -2.39. The summed E-state index contributed by atoms with van der Waals surface area (Å²) in [5, 5.41) is 9.05. The molecule has 0 aromatic rings. The molecular formula is C20H34N2O4. The number of nitrogens with zero attached hydrogens (tertiary/aromatic N) is 2. The molecule has 2 rings (SSSR count). The third kappa shape index (κ3) is 5.45. The van der Waals surface area contributed by atoms with E-state index in [1.165, 1.54) is 31.1 Å². The molecule has 0 spiro atoms. The van der Waals surface area contributed by atoms with Crippen molar-refractivity contribution in [1.82, 2.24) is 9.80 Å². The molecule has 2 atom stereocenters. The fourth-order valence-corrected chi connectivity index (χ4v) is 4.57. The van der Waals surface area contributed by atoms with Crippen molar-refractivity contribution in [2.24, 2.45) is 11.3 Å². The predicted octanol–water partition coefficient (Wildman–Crippen LogP) is 2.91. The number of likely N-dealkylation sites (tertiary alicyclic amines) is 1. The van der Waals surface area contributed by atoms with Gasteiger partial charge in [0.15, 0.2) is 0 Å². The van der Waals surface area contributed by atoms with Crippen molar-refractivity contribution >= 4 is 17.8 Å². The number of hydrogen-bond acceptors (Lipinski definition) is 3. The molecule has 0 aromatic heterocycles. The van der Waals surface area contributed by atoms with Crippen LogP contribution in [-0.2, 0) is 14.4 Å². The largest absolute Gasteiger partial charge is 0.480 e. The number of rotatable bonds is 5. The zero-order chi connectivity index (χ0) is 19.3. The van der Waals surface area contributed by atoms with Crippen LogP contribution in [-0.4, -0.2) is 58.4 Å². The average molecular weight is 367 g/mol. The average Bonchev–Trinajstić information content (AvgIpc) is 2.80. The molecule has 0 bridgehead atoms. The Balaban J connectivity index is 1.93. The van der Waals surface area contributed by atoms with Crippen molar-refractivity contribution in [2.75, 3.05) is 19.6 Å². The zero-order valence-corrected chi connectivity index (χ0v) is 16.5. The van der Waals surface area contributed by atoms with E-state index in [9.17, 15) is 14.4 Å². The summed E-state index contributed by atoms with van der Waals surface area (Å²) in [6.07, 6.45) is 7.64. The molecular weight excluding hydrogens is 332 g/mol. The number of aliphatic carboxylic acids is 1. The highest BCUT2D eigenvalue weighted by Crippen LogP contribution is 2.42. The molecule has 1 saturated heterocycles. The van der Waals surface area contributed by atoms with Crippen LogP contribution < -0.4 is 0 Å². The van der Waals surface area contributed by atoms with Gasteiger partial charge in [0.25, 0.3) is 0 Å². The summed E-state index contributed by atoms with van der Waals surface area (Å²) in [7, 11) is 0. The van der Waals surface area contributed by atoms with Crippen molar-refractivity contribution < 1.29 is 19.5 Å². The van der Waals surface area contributed by atoms with E-state index in [4.69, 9.17) is 5.11 Å². The van der Waals surface area contributed by atoms with Gasteiger partial charge >= 0.3 is 5.97 Å². The van der Waals surface area contributed by atoms with Gasteiger partial charge in [0.1, 0.15) is 6.54 Å². The molecule has 2 unspecified atom stereocenters. The van der Waals surface area contributed by atoms with Gasteiger partial charge in [0, 0.05) is 32.5 Å². The van der Waals surface area contributed by atoms with Crippen LogP contribution in [0, 0.1) is 11.3 Å². The summed E-state index contributed by atoms with van der Waals surface area (Å²) in [4.78, 5) is 39.1. The molecule has 6 heteroatoms. The van der Waals surface area contributed by atoms with E-state index in [1.54, 1.807) is 0 Å². The van der Waals surface area contributed by atoms with E-state index in [2.05, 4.69) is 13.8 Å². The topological polar surface area (TPSA) is 77.9 Å². The Labute approximate surface area is 156 Å². The molecule has 2 fully saturated rings. The van der Waals surface area contributed by atoms with E-state index in [1.807, 2.05) is 4.90 Å². The number of carbonyl (C=O) groups is 3. The normalized spacial score (nSPS) is 26.0. The van der Waals surface area contributed by atoms with Gasteiger partial charge in [-0.1, -0.05) is 26.7 Å². The van der Waals surface area contributed by atoms with Crippen LogP contribution in [0.15, 0.2) is 0 Å². The minimum absolute atomic E-state index is 0.0903. The van der Waals surface area contributed by atoms with Crippen LogP contribution in [0.1, 0.15) is 72.1 Å². The lowest BCUT2D eigenvalue weighted by molar-refractivity contribution is -0.145. The molecule has 1 aliphatic heterocycles. The Morgan fingerprint density at radius 3 is 2.42 bits per heavy atom. The molecule has 1 N–H and O–H groups in total. The SMILES string of the molecule is CC(=O)N(CC(=O)O)C1CCCN(C(=O)CC2CCCCC2(C)C)CC1. The van der Waals surface area contributed by atoms with Crippen LogP contribution in [0.5, 0.6) is 0 Å². The van der Waals surface area contributed by atoms with Crippen molar-refractivity contribution in [1.29, 1.82) is 0 Å². The first-order chi connectivity index (χ1) is 12.2. The number of amides is 2. The van der Waals surface area contributed by atoms with Crippen molar-refractivity contribution in [2.45, 2.75) is 78.2 Å². The summed E-state index contributed by atoms with van der Waals surface area (Å²) in [6, 6.07) is -0.0903. The highest BCUT2D eigenvalue weighted by atomic mass is 16.4. The molecule has 6 nitrogen and oxygen atoms in total. The Morgan fingerprint density at radius 2 is 1.81 bits per heavy atom. The standard InChI is InChI=1S/C20H34N2O4/c1-15(23)22(14-19(25)26)17-8-6-11-21(12-9-17)18(24)13-16-7-4-5-10-20(16,2)3/h16-17H,4-14H2,1-3H3,(H,25,26). The third-order valence-electron chi connectivity index (χ3n) is 6.35. The van der Waals surface area contributed by atoms with Gasteiger partial charge in [-0.2, -0.15) is 0 Å². The van der Waals surface area contributed by atoms with E-state index in [-0.39, 0.29) is 29.8 Å². The summed E-state index contributed by atoms with van der Waals surface area (Å²) in [6.45, 7) is 7.03. The fourth-order valence-electron chi connectivity index (χ4n) is 4.57. The summed E-state index contributed by atoms with van der Waals surface area (Å²) in [5.41, 5.74) is 0.231. The molecule has 2 amide bonds. The van der Waals surface area contributed by atoms with E-state index in [0.717, 1.165) is 19.3 Å². The van der Waals surface area contributed by atoms with Crippen molar-refractivity contribution in [3.63, 3.8) is 0 Å². The Bertz CT molecular complexity index is 532. The zero-order valence-electron chi connectivity index (χ0n) is 16.5. The van der Waals surface area contributed by atoms with Crippen molar-refractivity contribution in [3.05, 3.63) is 0 Å². The highest BCUT2D eigenvalue weighted by Gasteiger charge is 2.35. The molecule has 1 heterocycles. The molecule has 26 heavy (non-hydrogen) atoms. The molecule has 1 saturated carbocycles. The Hall–Kier alpha value is -1.59. The second-order valence-electron chi connectivity index (χ2n) is 8.64. The van der Waals surface area contributed by atoms with Gasteiger partial charge in [-0.25, -0.2) is 0 Å². The summed E-state index contributed by atoms with van der Waals surface area (Å²) >= 11 is 0. The Morgan fingerprint density at radius 1 is 1.08 bits per heavy atom. The fraction of sp³-hybridized carbons (Fsp3) is 0.850. The molecule has 0 radical (unpaired) electrons. The number of carboxylic acids is 1. The van der Waals surface area contributed by atoms with Gasteiger partial charge in [-0.05, 0) is 43.4 Å². The highest BCUT2D eigenvalue weighted by molar-refractivity contribution is 5.80. The molecule has 1 aliphatic carbocycles. The summed E-state index contributed by atoms with van der Waals surface area (Å²) in [5.74, 6) is -0.528. The van der Waals surface area contributed by atoms with Gasteiger partial charge in [0.2, 0.25) is 11.8 Å². The molecule has 0 aromatic carbocycles.